The van der Waals surface area contributed by atoms with Crippen LogP contribution in [-0.4, -0.2) is 25.3 Å². The highest BCUT2D eigenvalue weighted by Gasteiger charge is 1.85. The normalized spacial score (nSPS) is 8.50. The van der Waals surface area contributed by atoms with Gasteiger partial charge in [0.2, 0.25) is 0 Å². The average molecular weight is 131 g/mol. The number of hydrogen-bond acceptors (Lipinski definition) is 2. The molecule has 3 heteroatoms. The van der Waals surface area contributed by atoms with Crippen LogP contribution in [0.2, 0.25) is 0 Å². The molecule has 0 radical (unpaired) electrons. The van der Waals surface area contributed by atoms with Gasteiger partial charge < -0.3 is 9.58 Å². The molecule has 0 atom stereocenters. The predicted molar refractivity (Wildman–Crippen MR) is 35.8 cm³/mol. The summed E-state index contributed by atoms with van der Waals surface area (Å²) in [6.45, 7) is 7.15. The number of nitrogens with zero attached hydrogens (tertiary/aromatic N) is 1. The van der Waals surface area contributed by atoms with Crippen LogP contribution < -0.4 is 0 Å². The molecule has 0 aromatic carbocycles. The van der Waals surface area contributed by atoms with Crippen molar-refractivity contribution in [1.29, 1.82) is 0 Å². The van der Waals surface area contributed by atoms with Crippen LogP contribution in [0.3, 0.4) is 0 Å². The van der Waals surface area contributed by atoms with Crippen molar-refractivity contribution >= 4 is 11.8 Å². The fourth-order valence-electron chi connectivity index (χ4n) is 0.252. The van der Waals surface area contributed by atoms with Crippen molar-refractivity contribution < 1.29 is 4.74 Å². The third-order valence-electron chi connectivity index (χ3n) is 0.588. The lowest BCUT2D eigenvalue weighted by Gasteiger charge is -1.90. The zero-order chi connectivity index (χ0) is 6.24. The van der Waals surface area contributed by atoms with Gasteiger partial charge in [0, 0.05) is 12.9 Å². The largest absolute Gasteiger partial charge is 0.384 e. The van der Waals surface area contributed by atoms with E-state index >= 15 is 0 Å². The quantitative estimate of drug-likeness (QED) is 0.421. The fraction of sp³-hybridized carbons (Fsp3) is 0.800. The summed E-state index contributed by atoms with van der Waals surface area (Å²) in [5, 5.41) is 0. The minimum absolute atomic E-state index is 0.559. The molecule has 0 fully saturated rings. The van der Waals surface area contributed by atoms with Crippen LogP contribution in [0.5, 0.6) is 0 Å². The van der Waals surface area contributed by atoms with E-state index in [9.17, 15) is 0 Å². The van der Waals surface area contributed by atoms with Crippen LogP contribution in [-0.2, 0) is 4.74 Å². The topological polar surface area (TPSA) is 13.6 Å². The van der Waals surface area contributed by atoms with Crippen LogP contribution in [0.4, 0.5) is 0 Å². The monoisotopic (exact) mass is 131 g/mol. The molecule has 0 heterocycles. The molecule has 0 aromatic rings. The molecule has 0 saturated carbocycles. The smallest absolute Gasteiger partial charge is 0.260 e. The van der Waals surface area contributed by atoms with Crippen molar-refractivity contribution in [2.75, 3.05) is 25.3 Å². The summed E-state index contributed by atoms with van der Waals surface area (Å²) in [7, 11) is 1.67. The number of methoxy groups -OCH3 is 1. The van der Waals surface area contributed by atoms with Gasteiger partial charge in [0.05, 0.1) is 6.61 Å². The molecule has 46 valence electrons. The molecule has 0 spiro atoms. The zero-order valence-electron chi connectivity index (χ0n) is 4.89. The van der Waals surface area contributed by atoms with Gasteiger partial charge in [0.15, 0.2) is 0 Å². The third kappa shape index (κ3) is 5.80. The van der Waals surface area contributed by atoms with E-state index in [0.717, 1.165) is 12.4 Å². The van der Waals surface area contributed by atoms with Gasteiger partial charge in [0.1, 0.15) is 0 Å². The predicted octanol–water partition coefficient (Wildman–Crippen LogP) is 1.24. The molecule has 0 N–H and O–H groups in total. The molecule has 0 aliphatic heterocycles. The SMILES string of the molecule is [C-]#[N+]CSCCOC. The van der Waals surface area contributed by atoms with Gasteiger partial charge in [-0.3, -0.25) is 0 Å². The molecule has 0 bridgehead atoms. The van der Waals surface area contributed by atoms with Crippen LogP contribution in [0.15, 0.2) is 0 Å². The molecule has 0 aliphatic carbocycles. The number of thioether (sulfide) groups is 1. The fourth-order valence-corrected chi connectivity index (χ4v) is 0.757. The average Bonchev–Trinajstić information content (AvgIpc) is 1.81. The number of hydrogen-bond donors (Lipinski definition) is 0. The highest BCUT2D eigenvalue weighted by Crippen LogP contribution is 1.97. The molecule has 0 unspecified atom stereocenters. The van der Waals surface area contributed by atoms with Crippen molar-refractivity contribution in [3.8, 4) is 0 Å². The van der Waals surface area contributed by atoms with Crippen molar-refractivity contribution in [2.24, 2.45) is 0 Å². The van der Waals surface area contributed by atoms with Gasteiger partial charge in [-0.1, -0.05) is 11.8 Å². The van der Waals surface area contributed by atoms with E-state index in [1.807, 2.05) is 0 Å². The van der Waals surface area contributed by atoms with Crippen molar-refractivity contribution in [3.05, 3.63) is 11.4 Å². The van der Waals surface area contributed by atoms with Crippen LogP contribution in [0.25, 0.3) is 4.85 Å². The molecule has 8 heavy (non-hydrogen) atoms. The maximum atomic E-state index is 6.40. The lowest BCUT2D eigenvalue weighted by molar-refractivity contribution is 0.218. The number of rotatable bonds is 4. The lowest BCUT2D eigenvalue weighted by atomic mass is 10.9. The Balaban J connectivity index is 2.65. The molecule has 0 amide bonds. The minimum Gasteiger partial charge on any atom is -0.384 e. The van der Waals surface area contributed by atoms with Crippen LogP contribution >= 0.6 is 11.8 Å². The number of ether oxygens (including phenoxy) is 1. The Morgan fingerprint density at radius 2 is 2.50 bits per heavy atom. The molecule has 0 aliphatic rings. The molecular formula is C5H9NOS. The van der Waals surface area contributed by atoms with Crippen LogP contribution in [0.1, 0.15) is 0 Å². The molecule has 2 nitrogen and oxygen atoms in total. The Morgan fingerprint density at radius 1 is 1.75 bits per heavy atom. The zero-order valence-corrected chi connectivity index (χ0v) is 5.70. The van der Waals surface area contributed by atoms with E-state index in [4.69, 9.17) is 11.3 Å². The lowest BCUT2D eigenvalue weighted by Crippen LogP contribution is -1.90. The summed E-state index contributed by atoms with van der Waals surface area (Å²) in [6, 6.07) is 0. The maximum Gasteiger partial charge on any atom is 0.260 e. The summed E-state index contributed by atoms with van der Waals surface area (Å²) in [4.78, 5) is 3.16. The van der Waals surface area contributed by atoms with E-state index < -0.39 is 0 Å². The second-order valence-electron chi connectivity index (χ2n) is 1.19. The van der Waals surface area contributed by atoms with E-state index in [0.29, 0.717) is 5.88 Å². The molecular weight excluding hydrogens is 122 g/mol. The molecule has 0 saturated heterocycles. The van der Waals surface area contributed by atoms with E-state index in [1.165, 1.54) is 0 Å². The van der Waals surface area contributed by atoms with Gasteiger partial charge in [-0.15, -0.1) is 0 Å². The van der Waals surface area contributed by atoms with Gasteiger partial charge in [0.25, 0.3) is 5.88 Å². The van der Waals surface area contributed by atoms with Gasteiger partial charge in [-0.05, 0) is 0 Å². The summed E-state index contributed by atoms with van der Waals surface area (Å²) < 4.78 is 4.76. The summed E-state index contributed by atoms with van der Waals surface area (Å²) in [5.74, 6) is 1.49. The second kappa shape index (κ2) is 6.80. The van der Waals surface area contributed by atoms with Gasteiger partial charge in [-0.2, -0.15) is 0 Å². The van der Waals surface area contributed by atoms with Gasteiger partial charge in [-0.25, -0.2) is 6.57 Å². The highest BCUT2D eigenvalue weighted by atomic mass is 32.2. The van der Waals surface area contributed by atoms with E-state index in [1.54, 1.807) is 18.9 Å². The van der Waals surface area contributed by atoms with Crippen molar-refractivity contribution in [1.82, 2.24) is 0 Å². The Labute approximate surface area is 54.0 Å². The standard InChI is InChI=1S/C5H9NOS/c1-6-5-8-4-3-7-2/h3-5H2,2H3. The first kappa shape index (κ1) is 7.80. The molecule has 0 aromatic heterocycles. The maximum absolute atomic E-state index is 6.40. The van der Waals surface area contributed by atoms with Crippen molar-refractivity contribution in [3.63, 3.8) is 0 Å². The second-order valence-corrected chi connectivity index (χ2v) is 2.26. The summed E-state index contributed by atoms with van der Waals surface area (Å²) in [6.07, 6.45) is 0. The first-order valence-corrected chi connectivity index (χ1v) is 3.47. The molecule has 0 rings (SSSR count). The van der Waals surface area contributed by atoms with Crippen LogP contribution in [0, 0.1) is 6.57 Å². The third-order valence-corrected chi connectivity index (χ3v) is 1.35. The first-order valence-electron chi connectivity index (χ1n) is 2.31. The Hall–Kier alpha value is -0.200. The summed E-state index contributed by atoms with van der Waals surface area (Å²) in [5.41, 5.74) is 0. The Bertz CT molecular complexity index is 79.0. The van der Waals surface area contributed by atoms with E-state index in [-0.39, 0.29) is 0 Å². The first-order chi connectivity index (χ1) is 3.91. The van der Waals surface area contributed by atoms with Crippen molar-refractivity contribution in [2.45, 2.75) is 0 Å². The Kier molecular flexibility index (Phi) is 6.63. The van der Waals surface area contributed by atoms with Gasteiger partial charge >= 0.3 is 0 Å². The highest BCUT2D eigenvalue weighted by molar-refractivity contribution is 7.99. The van der Waals surface area contributed by atoms with E-state index in [2.05, 4.69) is 4.85 Å². The Morgan fingerprint density at radius 3 is 3.00 bits per heavy atom. The minimum atomic E-state index is 0.559. The summed E-state index contributed by atoms with van der Waals surface area (Å²) >= 11 is 1.60.